The Hall–Kier alpha value is 3.67. The van der Waals surface area contributed by atoms with Crippen LogP contribution in [0.1, 0.15) is 0 Å². The summed E-state index contributed by atoms with van der Waals surface area (Å²) in [6, 6.07) is 0. The number of rotatable bonds is 0. The second kappa shape index (κ2) is 98.7. The van der Waals surface area contributed by atoms with Crippen LogP contribution in [-0.2, 0) is 41.7 Å². The SMILES string of the molecule is O.O.[K+].[K+].[O-2].[O-2].[O-2].[O-2].[Os+6]. The van der Waals surface area contributed by atoms with Gasteiger partial charge in [-0.3, -0.25) is 0 Å². The van der Waals surface area contributed by atoms with Crippen molar-refractivity contribution < 1.29 is 155 Å². The molecule has 6 nitrogen and oxygen atoms in total. The second-order valence-corrected chi connectivity index (χ2v) is 0. The molecule has 0 saturated heterocycles. The first-order valence-electron chi connectivity index (χ1n) is 0. The van der Waals surface area contributed by atoms with E-state index in [0.717, 1.165) is 0 Å². The molecule has 0 aromatic carbocycles. The normalized spacial score (nSPS) is 0. The minimum absolute atomic E-state index is 0. The summed E-state index contributed by atoms with van der Waals surface area (Å²) in [4.78, 5) is 0. The van der Waals surface area contributed by atoms with Crippen LogP contribution >= 0.6 is 0 Å². The molecule has 50 valence electrons. The predicted octanol–water partition coefficient (Wildman–Crippen LogP) is -8.12. The summed E-state index contributed by atoms with van der Waals surface area (Å²) in [5.41, 5.74) is 0. The minimum Gasteiger partial charge on any atom is -2.00 e. The molecule has 0 atom stereocenters. The van der Waals surface area contributed by atoms with Gasteiger partial charge in [-0.2, -0.15) is 0 Å². The summed E-state index contributed by atoms with van der Waals surface area (Å²) >= 11 is 0. The number of hydrogen-bond donors (Lipinski definition) is 0. The van der Waals surface area contributed by atoms with Crippen LogP contribution in [-0.4, -0.2) is 11.0 Å². The van der Waals surface area contributed by atoms with Gasteiger partial charge in [0.1, 0.15) is 0 Å². The third-order valence-corrected chi connectivity index (χ3v) is 0. The van der Waals surface area contributed by atoms with Crippen LogP contribution in [0.2, 0.25) is 0 Å². The van der Waals surface area contributed by atoms with Gasteiger partial charge in [-0.25, -0.2) is 0 Å². The fourth-order valence-electron chi connectivity index (χ4n) is 0. The third kappa shape index (κ3) is 81.0. The molecule has 0 rings (SSSR count). The van der Waals surface area contributed by atoms with Crippen molar-refractivity contribution in [1.29, 1.82) is 0 Å². The Morgan fingerprint density at radius 2 is 0.444 bits per heavy atom. The summed E-state index contributed by atoms with van der Waals surface area (Å²) < 4.78 is 0. The van der Waals surface area contributed by atoms with E-state index in [9.17, 15) is 0 Å². The molecule has 0 unspecified atom stereocenters. The standard InChI is InChI=1S/2K.2H2O.4O.Os/h;;2*1H2;;;;;/q2*+1;;;4*-2;+6. The predicted molar refractivity (Wildman–Crippen MR) is 9.97 cm³/mol. The van der Waals surface area contributed by atoms with Gasteiger partial charge in [0.2, 0.25) is 0 Å². The maximum atomic E-state index is 0. The quantitative estimate of drug-likeness (QED) is 0.369. The smallest absolute Gasteiger partial charge is 2.00 e. The molecular weight excluding hydrogens is 364 g/mol. The zero-order valence-electron chi connectivity index (χ0n) is 4.99. The Bertz CT molecular complexity index is 11.0. The van der Waals surface area contributed by atoms with Crippen molar-refractivity contribution in [2.24, 2.45) is 0 Å². The first-order valence-corrected chi connectivity index (χ1v) is 0. The van der Waals surface area contributed by atoms with Gasteiger partial charge in [0.15, 0.2) is 0 Å². The molecule has 0 heterocycles. The Labute approximate surface area is 151 Å². The van der Waals surface area contributed by atoms with Crippen LogP contribution in [0.3, 0.4) is 0 Å². The van der Waals surface area contributed by atoms with Crippen molar-refractivity contribution in [3.63, 3.8) is 0 Å². The van der Waals surface area contributed by atoms with E-state index < -0.39 is 0 Å². The maximum Gasteiger partial charge on any atom is 6.00 e. The van der Waals surface area contributed by atoms with Crippen LogP contribution in [0.5, 0.6) is 0 Å². The van der Waals surface area contributed by atoms with Gasteiger partial charge in [-0.15, -0.1) is 0 Å². The van der Waals surface area contributed by atoms with E-state index in [-0.39, 0.29) is 155 Å². The van der Waals surface area contributed by atoms with E-state index in [1.165, 1.54) is 0 Å². The van der Waals surface area contributed by atoms with Crippen LogP contribution in [0.4, 0.5) is 0 Å². The zero-order valence-corrected chi connectivity index (χ0v) is 13.8. The van der Waals surface area contributed by atoms with Gasteiger partial charge in [-0.05, 0) is 0 Å². The van der Waals surface area contributed by atoms with E-state index in [1.54, 1.807) is 0 Å². The van der Waals surface area contributed by atoms with Gasteiger partial charge in [0, 0.05) is 0 Å². The molecular formula is H4K2O6Os. The van der Waals surface area contributed by atoms with E-state index in [0.29, 0.717) is 0 Å². The molecule has 0 aliphatic rings. The van der Waals surface area contributed by atoms with E-state index in [1.807, 2.05) is 0 Å². The molecule has 9 heteroatoms. The van der Waals surface area contributed by atoms with Gasteiger partial charge < -0.3 is 32.9 Å². The van der Waals surface area contributed by atoms with Crippen LogP contribution < -0.4 is 103 Å². The first-order chi connectivity index (χ1) is 0. The van der Waals surface area contributed by atoms with Crippen molar-refractivity contribution in [2.45, 2.75) is 0 Å². The largest absolute Gasteiger partial charge is 6.00 e. The molecule has 0 aliphatic carbocycles. The van der Waals surface area contributed by atoms with Gasteiger partial charge >= 0.3 is 123 Å². The van der Waals surface area contributed by atoms with Crippen LogP contribution in [0, 0.1) is 0 Å². The summed E-state index contributed by atoms with van der Waals surface area (Å²) in [5.74, 6) is 0. The maximum absolute atomic E-state index is 0. The van der Waals surface area contributed by atoms with E-state index in [2.05, 4.69) is 0 Å². The summed E-state index contributed by atoms with van der Waals surface area (Å²) in [5, 5.41) is 0. The molecule has 0 fully saturated rings. The average Bonchev–Trinajstić information content (AvgIpc) is 0. The van der Waals surface area contributed by atoms with Crippen LogP contribution in [0.15, 0.2) is 0 Å². The molecule has 0 amide bonds. The Balaban J connectivity index is 0. The van der Waals surface area contributed by atoms with Crippen LogP contribution in [0.25, 0.3) is 0 Å². The zero-order chi connectivity index (χ0) is 0. The van der Waals surface area contributed by atoms with Crippen molar-refractivity contribution in [1.82, 2.24) is 0 Å². The number of hydrogen-bond acceptors (Lipinski definition) is 0. The van der Waals surface area contributed by atoms with Gasteiger partial charge in [0.05, 0.1) is 0 Å². The van der Waals surface area contributed by atoms with Crippen molar-refractivity contribution in [3.8, 4) is 0 Å². The van der Waals surface area contributed by atoms with E-state index in [4.69, 9.17) is 0 Å². The average molecular weight is 368 g/mol. The molecule has 0 aromatic heterocycles. The topological polar surface area (TPSA) is 177 Å². The summed E-state index contributed by atoms with van der Waals surface area (Å²) in [6.45, 7) is 0. The molecule has 0 bridgehead atoms. The molecule has 0 aliphatic heterocycles. The van der Waals surface area contributed by atoms with Crippen molar-refractivity contribution in [2.75, 3.05) is 0 Å². The van der Waals surface area contributed by atoms with Crippen molar-refractivity contribution in [3.05, 3.63) is 0 Å². The third-order valence-electron chi connectivity index (χ3n) is 0. The Morgan fingerprint density at radius 1 is 0.444 bits per heavy atom. The van der Waals surface area contributed by atoms with Gasteiger partial charge in [-0.1, -0.05) is 0 Å². The molecule has 4 N–H and O–H groups in total. The fraction of sp³-hybridized carbons (Fsp3) is 0. The first kappa shape index (κ1) is 128. The summed E-state index contributed by atoms with van der Waals surface area (Å²) in [6.07, 6.45) is 0. The molecule has 0 spiro atoms. The van der Waals surface area contributed by atoms with E-state index >= 15 is 0 Å². The molecule has 9 heavy (non-hydrogen) atoms. The Kier molecular flexibility index (Phi) is 1400. The van der Waals surface area contributed by atoms with Gasteiger partial charge in [0.25, 0.3) is 0 Å². The molecule has 0 radical (unpaired) electrons. The molecule has 0 aromatic rings. The molecule has 0 saturated carbocycles. The second-order valence-electron chi connectivity index (χ2n) is 0. The van der Waals surface area contributed by atoms with Crippen molar-refractivity contribution >= 4 is 0 Å². The monoisotopic (exact) mass is 370 g/mol. The Morgan fingerprint density at radius 3 is 0.444 bits per heavy atom. The minimum atomic E-state index is 0. The fourth-order valence-corrected chi connectivity index (χ4v) is 0. The summed E-state index contributed by atoms with van der Waals surface area (Å²) in [7, 11) is 0.